The molecule has 0 aromatic rings. The van der Waals surface area contributed by atoms with Crippen LogP contribution in [0.1, 0.15) is 13.3 Å². The predicted molar refractivity (Wildman–Crippen MR) is 63.2 cm³/mol. The number of carbonyl (C=O) groups excluding carboxylic acids is 1. The van der Waals surface area contributed by atoms with Crippen LogP contribution in [0.25, 0.3) is 0 Å². The Balaban J connectivity index is 2.30. The van der Waals surface area contributed by atoms with Gasteiger partial charge in [0, 0.05) is 25.2 Å². The van der Waals surface area contributed by atoms with E-state index in [4.69, 9.17) is 0 Å². The smallest absolute Gasteiger partial charge is 0.403 e. The molecular weight excluding hydrogens is 315 g/mol. The topological polar surface area (TPSA) is 72.8 Å². The number of carbonyl (C=O) groups is 1. The molecular formula is C7H15IN2O3Si. The molecule has 0 bridgehead atoms. The molecule has 0 aromatic heterocycles. The van der Waals surface area contributed by atoms with Crippen LogP contribution in [0.2, 0.25) is 5.54 Å². The summed E-state index contributed by atoms with van der Waals surface area (Å²) in [6.07, 6.45) is 0.648. The Bertz CT molecular complexity index is 221. The second-order valence-corrected chi connectivity index (χ2v) is 10.6. The van der Waals surface area contributed by atoms with Gasteiger partial charge < -0.3 is 19.8 Å². The molecule has 14 heavy (non-hydrogen) atoms. The third kappa shape index (κ3) is 3.37. The monoisotopic (exact) mass is 330 g/mol. The Morgan fingerprint density at radius 1 is 1.71 bits per heavy atom. The number of hydrogen-bond acceptors (Lipinski definition) is 3. The number of nitrogens with one attached hydrogen (secondary N) is 1. The van der Waals surface area contributed by atoms with Crippen LogP contribution < -0.4 is 5.32 Å². The number of rotatable bonds is 4. The van der Waals surface area contributed by atoms with Crippen LogP contribution in [0.5, 0.6) is 0 Å². The van der Waals surface area contributed by atoms with Gasteiger partial charge in [-0.1, -0.05) is 6.92 Å². The fourth-order valence-electron chi connectivity index (χ4n) is 1.26. The minimum Gasteiger partial charge on any atom is -0.403 e. The summed E-state index contributed by atoms with van der Waals surface area (Å²) in [5, 5.41) is 2.70. The fraction of sp³-hybridized carbons (Fsp3) is 0.857. The van der Waals surface area contributed by atoms with Crippen LogP contribution in [-0.4, -0.2) is 46.2 Å². The molecule has 1 heterocycles. The standard InChI is InChI=1S/C7H15IN2O3Si/c1-6(14(8,12)13)2-4-10-5-3-9-7(10)11/h6,12-13H,2-5H2,1H3,(H,9,11). The average molecular weight is 330 g/mol. The van der Waals surface area contributed by atoms with E-state index in [9.17, 15) is 14.4 Å². The van der Waals surface area contributed by atoms with E-state index in [0.717, 1.165) is 6.54 Å². The number of urea groups is 1. The maximum atomic E-state index is 11.1. The number of nitrogens with zero attached hydrogens (tertiary/aromatic N) is 1. The van der Waals surface area contributed by atoms with Crippen molar-refractivity contribution < 1.29 is 14.4 Å². The van der Waals surface area contributed by atoms with E-state index in [2.05, 4.69) is 5.32 Å². The Morgan fingerprint density at radius 3 is 2.79 bits per heavy atom. The second-order valence-electron chi connectivity index (χ2n) is 3.55. The lowest BCUT2D eigenvalue weighted by Gasteiger charge is -2.21. The number of amides is 2. The molecule has 1 fully saturated rings. The van der Waals surface area contributed by atoms with E-state index in [0.29, 0.717) is 19.5 Å². The molecule has 5 nitrogen and oxygen atoms in total. The van der Waals surface area contributed by atoms with Crippen molar-refractivity contribution in [1.82, 2.24) is 10.2 Å². The van der Waals surface area contributed by atoms with Crippen molar-refractivity contribution >= 4 is 33.9 Å². The van der Waals surface area contributed by atoms with Crippen LogP contribution in [0, 0.1) is 0 Å². The molecule has 3 N–H and O–H groups in total. The molecule has 1 saturated heterocycles. The lowest BCUT2D eigenvalue weighted by molar-refractivity contribution is 0.216. The van der Waals surface area contributed by atoms with E-state index in [1.807, 2.05) is 6.92 Å². The number of halogens is 1. The SMILES string of the molecule is CC(CCN1CCNC1=O)[Si](O)(O)I. The first-order valence-electron chi connectivity index (χ1n) is 4.57. The first-order valence-corrected chi connectivity index (χ1v) is 9.66. The largest absolute Gasteiger partial charge is 0.405 e. The van der Waals surface area contributed by atoms with Crippen molar-refractivity contribution in [3.05, 3.63) is 0 Å². The summed E-state index contributed by atoms with van der Waals surface area (Å²) in [5.74, 6) is 0. The zero-order valence-corrected chi connectivity index (χ0v) is 11.2. The summed E-state index contributed by atoms with van der Waals surface area (Å²) in [7, 11) is 0. The van der Waals surface area contributed by atoms with Gasteiger partial charge in [0.2, 0.25) is 0 Å². The van der Waals surface area contributed by atoms with E-state index in [-0.39, 0.29) is 11.6 Å². The molecule has 0 radical (unpaired) electrons. The van der Waals surface area contributed by atoms with Crippen molar-refractivity contribution in [1.29, 1.82) is 0 Å². The van der Waals surface area contributed by atoms with Gasteiger partial charge in [-0.2, -0.15) is 0 Å². The van der Waals surface area contributed by atoms with Gasteiger partial charge in [-0.05, 0) is 28.2 Å². The number of hydrogen-bond donors (Lipinski definition) is 3. The van der Waals surface area contributed by atoms with Crippen molar-refractivity contribution in [3.8, 4) is 0 Å². The van der Waals surface area contributed by atoms with Gasteiger partial charge in [-0.15, -0.1) is 0 Å². The first kappa shape index (κ1) is 12.2. The van der Waals surface area contributed by atoms with Gasteiger partial charge in [0.1, 0.15) is 0 Å². The summed E-state index contributed by atoms with van der Waals surface area (Å²) < 4.78 is 0. The highest BCUT2D eigenvalue weighted by Gasteiger charge is 2.33. The summed E-state index contributed by atoms with van der Waals surface area (Å²) in [6, 6.07) is -3.09. The first-order chi connectivity index (χ1) is 6.41. The van der Waals surface area contributed by atoms with E-state index in [1.54, 1.807) is 26.7 Å². The van der Waals surface area contributed by atoms with Gasteiger partial charge in [-0.3, -0.25) is 0 Å². The Kier molecular flexibility index (Phi) is 4.16. The van der Waals surface area contributed by atoms with Gasteiger partial charge in [-0.25, -0.2) is 4.79 Å². The summed E-state index contributed by atoms with van der Waals surface area (Å²) in [4.78, 5) is 31.6. The second kappa shape index (κ2) is 4.77. The summed E-state index contributed by atoms with van der Waals surface area (Å²) >= 11 is 1.73. The molecule has 1 aliphatic heterocycles. The van der Waals surface area contributed by atoms with Crippen molar-refractivity contribution in [2.75, 3.05) is 19.6 Å². The van der Waals surface area contributed by atoms with Crippen molar-refractivity contribution in [2.24, 2.45) is 0 Å². The zero-order valence-electron chi connectivity index (χ0n) is 8.03. The van der Waals surface area contributed by atoms with Gasteiger partial charge >= 0.3 is 12.1 Å². The van der Waals surface area contributed by atoms with Gasteiger partial charge in [0.25, 0.3) is 0 Å². The summed E-state index contributed by atoms with van der Waals surface area (Å²) in [6.45, 7) is 3.83. The lowest BCUT2D eigenvalue weighted by atomic mass is 10.3. The highest BCUT2D eigenvalue weighted by Crippen LogP contribution is 2.25. The highest BCUT2D eigenvalue weighted by atomic mass is 127. The molecule has 82 valence electrons. The van der Waals surface area contributed by atoms with Crippen LogP contribution >= 0.6 is 21.8 Å². The minimum absolute atomic E-state index is 0.0474. The molecule has 1 aliphatic rings. The Hall–Kier alpha value is 0.137. The molecule has 0 spiro atoms. The van der Waals surface area contributed by atoms with Crippen LogP contribution in [0.15, 0.2) is 0 Å². The maximum Gasteiger partial charge on any atom is 0.405 e. The van der Waals surface area contributed by atoms with Crippen LogP contribution in [-0.2, 0) is 0 Å². The normalized spacial score (nSPS) is 19.7. The lowest BCUT2D eigenvalue weighted by Crippen LogP contribution is -2.35. The van der Waals surface area contributed by atoms with E-state index >= 15 is 0 Å². The van der Waals surface area contributed by atoms with Gasteiger partial charge in [0.15, 0.2) is 0 Å². The molecule has 0 saturated carbocycles. The van der Waals surface area contributed by atoms with Crippen LogP contribution in [0.3, 0.4) is 0 Å². The zero-order chi connectivity index (χ0) is 10.8. The van der Waals surface area contributed by atoms with Crippen LogP contribution in [0.4, 0.5) is 4.79 Å². The molecule has 7 heteroatoms. The minimum atomic E-state index is -3.04. The van der Waals surface area contributed by atoms with E-state index < -0.39 is 6.06 Å². The quantitative estimate of drug-likeness (QED) is 0.390. The third-order valence-corrected chi connectivity index (χ3v) is 7.14. The molecule has 2 amide bonds. The van der Waals surface area contributed by atoms with Crippen molar-refractivity contribution in [3.63, 3.8) is 0 Å². The van der Waals surface area contributed by atoms with E-state index in [1.165, 1.54) is 0 Å². The van der Waals surface area contributed by atoms with Gasteiger partial charge in [0.05, 0.1) is 0 Å². The average Bonchev–Trinajstić information content (AvgIpc) is 2.45. The summed E-state index contributed by atoms with van der Waals surface area (Å²) in [5.41, 5.74) is -0.114. The molecule has 0 aliphatic carbocycles. The molecule has 1 rings (SSSR count). The third-order valence-electron chi connectivity index (χ3n) is 2.40. The molecule has 1 atom stereocenters. The fourth-order valence-corrected chi connectivity index (χ4v) is 2.69. The molecule has 1 unspecified atom stereocenters. The predicted octanol–water partition coefficient (Wildman–Crippen LogP) is 0.150. The molecule has 0 aromatic carbocycles. The Labute approximate surface area is 96.9 Å². The maximum absolute atomic E-state index is 11.1. The Morgan fingerprint density at radius 2 is 2.36 bits per heavy atom. The highest BCUT2D eigenvalue weighted by molar-refractivity contribution is 14.1. The van der Waals surface area contributed by atoms with Crippen molar-refractivity contribution in [2.45, 2.75) is 18.9 Å².